The van der Waals surface area contributed by atoms with Crippen molar-refractivity contribution >= 4 is 0 Å². The molecule has 2 unspecified atom stereocenters. The zero-order chi connectivity index (χ0) is 15.1. The van der Waals surface area contributed by atoms with Gasteiger partial charge >= 0.3 is 0 Å². The number of aliphatic hydroxyl groups excluding tert-OH is 1. The van der Waals surface area contributed by atoms with Gasteiger partial charge in [-0.2, -0.15) is 0 Å². The van der Waals surface area contributed by atoms with Gasteiger partial charge in [-0.25, -0.2) is 0 Å². The summed E-state index contributed by atoms with van der Waals surface area (Å²) in [4.78, 5) is 0. The zero-order valence-corrected chi connectivity index (χ0v) is 13.5. The predicted octanol–water partition coefficient (Wildman–Crippen LogP) is 4.15. The lowest BCUT2D eigenvalue weighted by Crippen LogP contribution is -2.21. The number of hydrogen-bond donors (Lipinski definition) is 1. The fraction of sp³-hybridized carbons (Fsp3) is 0.647. The second-order valence-electron chi connectivity index (χ2n) is 5.75. The van der Waals surface area contributed by atoms with Gasteiger partial charge in [-0.05, 0) is 23.0 Å². The first-order chi connectivity index (χ1) is 8.84. The molecule has 0 aromatic heterocycles. The highest BCUT2D eigenvalue weighted by molar-refractivity contribution is 5.27. The second-order valence-corrected chi connectivity index (χ2v) is 5.75. The summed E-state index contributed by atoms with van der Waals surface area (Å²) in [6.07, 6.45) is 0.150. The lowest BCUT2D eigenvalue weighted by molar-refractivity contribution is -0.107. The Bertz CT molecular complexity index is 335. The van der Waals surface area contributed by atoms with Crippen LogP contribution in [0.5, 0.6) is 0 Å². The normalized spacial score (nSPS) is 14.3. The Labute approximate surface area is 118 Å². The summed E-state index contributed by atoms with van der Waals surface area (Å²) in [5.74, 6) is 0.112. The minimum Gasteiger partial charge on any atom is -0.368 e. The van der Waals surface area contributed by atoms with Crippen molar-refractivity contribution in [2.75, 3.05) is 7.11 Å². The average molecular weight is 266 g/mol. The molecule has 2 atom stereocenters. The first-order valence-electron chi connectivity index (χ1n) is 7.15. The number of rotatable bonds is 4. The lowest BCUT2D eigenvalue weighted by Gasteiger charge is -2.20. The van der Waals surface area contributed by atoms with Crippen LogP contribution >= 0.6 is 0 Å². The van der Waals surface area contributed by atoms with E-state index in [1.165, 1.54) is 18.2 Å². The summed E-state index contributed by atoms with van der Waals surface area (Å²) in [5.41, 5.74) is 2.76. The van der Waals surface area contributed by atoms with Gasteiger partial charge in [0, 0.05) is 13.0 Å². The third-order valence-corrected chi connectivity index (χ3v) is 3.11. The lowest BCUT2D eigenvalue weighted by atomic mass is 9.86. The molecule has 0 amide bonds. The molecule has 0 fully saturated rings. The molecule has 1 rings (SSSR count). The first-order valence-corrected chi connectivity index (χ1v) is 7.15. The third-order valence-electron chi connectivity index (χ3n) is 3.11. The Hall–Kier alpha value is -0.860. The number of benzene rings is 1. The van der Waals surface area contributed by atoms with Gasteiger partial charge in [-0.3, -0.25) is 0 Å². The van der Waals surface area contributed by atoms with Crippen molar-refractivity contribution in [2.45, 2.75) is 59.7 Å². The molecule has 0 saturated carbocycles. The van der Waals surface area contributed by atoms with Crippen LogP contribution in [0.1, 0.15) is 52.7 Å². The molecule has 0 aliphatic carbocycles. The van der Waals surface area contributed by atoms with Gasteiger partial charge in [0.15, 0.2) is 6.29 Å². The molecule has 0 aliphatic heterocycles. The number of hydrogen-bond acceptors (Lipinski definition) is 2. The fourth-order valence-electron chi connectivity index (χ4n) is 1.85. The van der Waals surface area contributed by atoms with Gasteiger partial charge in [-0.15, -0.1) is 0 Å². The molecule has 19 heavy (non-hydrogen) atoms. The van der Waals surface area contributed by atoms with Crippen molar-refractivity contribution in [3.8, 4) is 0 Å². The van der Waals surface area contributed by atoms with E-state index in [2.05, 4.69) is 45.0 Å². The van der Waals surface area contributed by atoms with E-state index in [-0.39, 0.29) is 11.3 Å². The maximum atomic E-state index is 9.55. The molecule has 0 bridgehead atoms. The van der Waals surface area contributed by atoms with Crippen LogP contribution < -0.4 is 0 Å². The van der Waals surface area contributed by atoms with E-state index in [0.29, 0.717) is 0 Å². The molecule has 2 heteroatoms. The van der Waals surface area contributed by atoms with Crippen molar-refractivity contribution in [3.05, 3.63) is 35.4 Å². The summed E-state index contributed by atoms with van der Waals surface area (Å²) in [5, 5.41) is 9.55. The molecule has 1 aromatic rings. The van der Waals surface area contributed by atoms with Crippen LogP contribution in [0, 0.1) is 5.92 Å². The van der Waals surface area contributed by atoms with Crippen LogP contribution in [0.25, 0.3) is 0 Å². The van der Waals surface area contributed by atoms with Crippen LogP contribution in [0.15, 0.2) is 24.3 Å². The van der Waals surface area contributed by atoms with Gasteiger partial charge in [0.25, 0.3) is 0 Å². The smallest absolute Gasteiger partial charge is 0.157 e. The Morgan fingerprint density at radius 3 is 1.95 bits per heavy atom. The van der Waals surface area contributed by atoms with Crippen LogP contribution in [0.2, 0.25) is 0 Å². The van der Waals surface area contributed by atoms with E-state index in [1.54, 1.807) is 0 Å². The summed E-state index contributed by atoms with van der Waals surface area (Å²) >= 11 is 0. The molecular formula is C17H30O2. The quantitative estimate of drug-likeness (QED) is 0.829. The maximum absolute atomic E-state index is 9.55. The van der Waals surface area contributed by atoms with Crippen LogP contribution in [0.4, 0.5) is 0 Å². The predicted molar refractivity (Wildman–Crippen MR) is 82.4 cm³/mol. The topological polar surface area (TPSA) is 29.5 Å². The van der Waals surface area contributed by atoms with Crippen molar-refractivity contribution in [1.29, 1.82) is 0 Å². The van der Waals surface area contributed by atoms with E-state index < -0.39 is 6.29 Å². The fourth-order valence-corrected chi connectivity index (χ4v) is 1.85. The number of ether oxygens (including phenoxy) is 1. The molecule has 0 saturated heterocycles. The average Bonchev–Trinajstić information content (AvgIpc) is 2.39. The Morgan fingerprint density at radius 1 is 1.11 bits per heavy atom. The first kappa shape index (κ1) is 18.1. The number of methoxy groups -OCH3 is 1. The van der Waals surface area contributed by atoms with Crippen LogP contribution in [-0.2, 0) is 16.6 Å². The van der Waals surface area contributed by atoms with E-state index in [1.807, 2.05) is 20.8 Å². The largest absolute Gasteiger partial charge is 0.368 e. The van der Waals surface area contributed by atoms with E-state index in [4.69, 9.17) is 4.74 Å². The SMILES string of the molecule is CC.COC(O)C(C)Cc1ccc(C(C)(C)C)cc1. The highest BCUT2D eigenvalue weighted by Gasteiger charge is 2.15. The molecule has 0 spiro atoms. The van der Waals surface area contributed by atoms with Crippen molar-refractivity contribution in [3.63, 3.8) is 0 Å². The zero-order valence-electron chi connectivity index (χ0n) is 13.5. The second kappa shape index (κ2) is 8.34. The molecule has 110 valence electrons. The van der Waals surface area contributed by atoms with E-state index >= 15 is 0 Å². The highest BCUT2D eigenvalue weighted by atomic mass is 16.6. The van der Waals surface area contributed by atoms with Crippen LogP contribution in [-0.4, -0.2) is 18.5 Å². The Kier molecular flexibility index (Phi) is 7.96. The maximum Gasteiger partial charge on any atom is 0.157 e. The minimum atomic E-state index is -0.683. The van der Waals surface area contributed by atoms with E-state index in [9.17, 15) is 5.11 Å². The molecule has 0 heterocycles. The van der Waals surface area contributed by atoms with Crippen molar-refractivity contribution in [2.24, 2.45) is 5.92 Å². The third kappa shape index (κ3) is 6.22. The van der Waals surface area contributed by atoms with Crippen LogP contribution in [0.3, 0.4) is 0 Å². The van der Waals surface area contributed by atoms with Gasteiger partial charge in [-0.1, -0.05) is 65.8 Å². The van der Waals surface area contributed by atoms with E-state index in [0.717, 1.165) is 6.42 Å². The molecule has 1 aromatic carbocycles. The molecule has 0 radical (unpaired) electrons. The van der Waals surface area contributed by atoms with Crippen molar-refractivity contribution < 1.29 is 9.84 Å². The monoisotopic (exact) mass is 266 g/mol. The summed E-state index contributed by atoms with van der Waals surface area (Å²) in [6.45, 7) is 12.6. The van der Waals surface area contributed by atoms with Gasteiger partial charge in [0.1, 0.15) is 0 Å². The van der Waals surface area contributed by atoms with Gasteiger partial charge in [0.2, 0.25) is 0 Å². The minimum absolute atomic E-state index is 0.112. The van der Waals surface area contributed by atoms with Crippen molar-refractivity contribution in [1.82, 2.24) is 0 Å². The summed E-state index contributed by atoms with van der Waals surface area (Å²) < 4.78 is 4.92. The van der Waals surface area contributed by atoms with Gasteiger partial charge in [0.05, 0.1) is 0 Å². The molecular weight excluding hydrogens is 236 g/mol. The highest BCUT2D eigenvalue weighted by Crippen LogP contribution is 2.23. The summed E-state index contributed by atoms with van der Waals surface area (Å²) in [7, 11) is 1.53. The summed E-state index contributed by atoms with van der Waals surface area (Å²) in [6, 6.07) is 8.61. The molecule has 2 nitrogen and oxygen atoms in total. The molecule has 1 N–H and O–H groups in total. The Morgan fingerprint density at radius 2 is 1.58 bits per heavy atom. The number of aliphatic hydroxyl groups is 1. The Balaban J connectivity index is 0.00000154. The molecule has 0 aliphatic rings. The van der Waals surface area contributed by atoms with Gasteiger partial charge < -0.3 is 9.84 Å². The standard InChI is InChI=1S/C15H24O2.C2H6/c1-11(14(16)17-5)10-12-6-8-13(9-7-12)15(2,3)4;1-2/h6-9,11,14,16H,10H2,1-5H3;1-2H3.